The van der Waals surface area contributed by atoms with Crippen LogP contribution in [-0.4, -0.2) is 24.3 Å². The summed E-state index contributed by atoms with van der Waals surface area (Å²) in [7, 11) is 0. The molecule has 0 bridgehead atoms. The third-order valence-corrected chi connectivity index (χ3v) is 5.65. The van der Waals surface area contributed by atoms with Crippen molar-refractivity contribution in [3.05, 3.63) is 33.4 Å². The number of allylic oxidation sites excluding steroid dienone is 1. The van der Waals surface area contributed by atoms with Gasteiger partial charge in [-0.3, -0.25) is 4.90 Å². The molecule has 1 aromatic rings. The van der Waals surface area contributed by atoms with Gasteiger partial charge in [0.2, 0.25) is 6.79 Å². The van der Waals surface area contributed by atoms with E-state index in [1.54, 1.807) is 0 Å². The maximum absolute atomic E-state index is 5.51. The summed E-state index contributed by atoms with van der Waals surface area (Å²) in [6.45, 7) is 2.58. The lowest BCUT2D eigenvalue weighted by Crippen LogP contribution is -2.32. The maximum atomic E-state index is 5.51. The minimum absolute atomic E-state index is 0.353. The summed E-state index contributed by atoms with van der Waals surface area (Å²) in [6.07, 6.45) is 8.73. The number of ether oxygens (including phenoxy) is 2. The lowest BCUT2D eigenvalue weighted by Gasteiger charge is -2.28. The smallest absolute Gasteiger partial charge is 0.231 e. The first-order valence-corrected chi connectivity index (χ1v) is 8.38. The third-order valence-electron chi connectivity index (χ3n) is 4.64. The van der Waals surface area contributed by atoms with E-state index in [0.29, 0.717) is 12.8 Å². The van der Waals surface area contributed by atoms with Crippen LogP contribution in [0, 0.1) is 9.49 Å². The molecule has 0 radical (unpaired) electrons. The number of fused-ring (bicyclic) bond motifs is 2. The van der Waals surface area contributed by atoms with Crippen LogP contribution in [0.4, 0.5) is 0 Å². The number of likely N-dealkylation sites (tertiary alicyclic amines) is 1. The molecule has 2 heterocycles. The van der Waals surface area contributed by atoms with Gasteiger partial charge in [0.25, 0.3) is 0 Å². The van der Waals surface area contributed by atoms with Crippen LogP contribution in [0.5, 0.6) is 11.5 Å². The van der Waals surface area contributed by atoms with Gasteiger partial charge in [-0.1, -0.05) is 12.2 Å². The fourth-order valence-electron chi connectivity index (χ4n) is 3.57. The van der Waals surface area contributed by atoms with Crippen LogP contribution >= 0.6 is 22.6 Å². The van der Waals surface area contributed by atoms with E-state index in [9.17, 15) is 0 Å². The average molecular weight is 383 g/mol. The Morgan fingerprint density at radius 3 is 2.95 bits per heavy atom. The standard InChI is InChI=1S/C16H18INO2/c17-13-8-16-15(19-10-20-16)7-12(13)9-18-6-5-11-3-1-2-4-14(11)18/h2,4,7-8,11,14H,1,3,5-6,9-10H2/t11-,14-/m1/s1. The van der Waals surface area contributed by atoms with Gasteiger partial charge >= 0.3 is 0 Å². The van der Waals surface area contributed by atoms with E-state index >= 15 is 0 Å². The van der Waals surface area contributed by atoms with Crippen LogP contribution in [0.2, 0.25) is 0 Å². The molecule has 3 aliphatic rings. The molecule has 1 fully saturated rings. The zero-order chi connectivity index (χ0) is 13.5. The molecule has 0 N–H and O–H groups in total. The van der Waals surface area contributed by atoms with Crippen molar-refractivity contribution in [3.63, 3.8) is 0 Å². The maximum Gasteiger partial charge on any atom is 0.231 e. The Hall–Kier alpha value is -0.750. The SMILES string of the molecule is Ic1cc2c(cc1CN1CC[C@H]3CCC=C[C@H]31)OCO2. The van der Waals surface area contributed by atoms with Crippen LogP contribution in [0.3, 0.4) is 0 Å². The first-order chi connectivity index (χ1) is 9.81. The molecule has 0 unspecified atom stereocenters. The van der Waals surface area contributed by atoms with Crippen molar-refractivity contribution in [2.24, 2.45) is 5.92 Å². The third kappa shape index (κ3) is 2.22. The van der Waals surface area contributed by atoms with Gasteiger partial charge in [-0.05, 0) is 72.0 Å². The second-order valence-electron chi connectivity index (χ2n) is 5.81. The van der Waals surface area contributed by atoms with Crippen LogP contribution in [0.15, 0.2) is 24.3 Å². The van der Waals surface area contributed by atoms with Crippen molar-refractivity contribution in [1.29, 1.82) is 0 Å². The minimum atomic E-state index is 0.353. The summed E-state index contributed by atoms with van der Waals surface area (Å²) in [5, 5.41) is 0. The quantitative estimate of drug-likeness (QED) is 0.576. The Balaban J connectivity index is 1.57. The molecular formula is C16H18INO2. The molecule has 1 aliphatic carbocycles. The Morgan fingerprint density at radius 2 is 2.05 bits per heavy atom. The average Bonchev–Trinajstić information content (AvgIpc) is 3.06. The predicted molar refractivity (Wildman–Crippen MR) is 86.0 cm³/mol. The molecule has 2 aliphatic heterocycles. The van der Waals surface area contributed by atoms with Gasteiger partial charge in [-0.25, -0.2) is 0 Å². The van der Waals surface area contributed by atoms with Crippen molar-refractivity contribution in [2.75, 3.05) is 13.3 Å². The normalized spacial score (nSPS) is 27.9. The summed E-state index contributed by atoms with van der Waals surface area (Å²) < 4.78 is 12.2. The van der Waals surface area contributed by atoms with Crippen molar-refractivity contribution in [2.45, 2.75) is 31.8 Å². The fourth-order valence-corrected chi connectivity index (χ4v) is 4.18. The highest BCUT2D eigenvalue weighted by Gasteiger charge is 2.33. The molecule has 1 aromatic carbocycles. The molecule has 1 saturated heterocycles. The van der Waals surface area contributed by atoms with Crippen molar-refractivity contribution < 1.29 is 9.47 Å². The summed E-state index contributed by atoms with van der Waals surface area (Å²) >= 11 is 2.41. The molecule has 0 spiro atoms. The number of halogens is 1. The largest absolute Gasteiger partial charge is 0.454 e. The van der Waals surface area contributed by atoms with Gasteiger partial charge in [-0.15, -0.1) is 0 Å². The van der Waals surface area contributed by atoms with Gasteiger partial charge in [0.15, 0.2) is 11.5 Å². The van der Waals surface area contributed by atoms with E-state index in [-0.39, 0.29) is 0 Å². The van der Waals surface area contributed by atoms with Crippen LogP contribution in [0.25, 0.3) is 0 Å². The van der Waals surface area contributed by atoms with Crippen molar-refractivity contribution in [3.8, 4) is 11.5 Å². The molecule has 4 rings (SSSR count). The van der Waals surface area contributed by atoms with Gasteiger partial charge in [0.05, 0.1) is 0 Å². The second kappa shape index (κ2) is 5.22. The monoisotopic (exact) mass is 383 g/mol. The highest BCUT2D eigenvalue weighted by molar-refractivity contribution is 14.1. The Morgan fingerprint density at radius 1 is 1.20 bits per heavy atom. The number of benzene rings is 1. The number of hydrogen-bond donors (Lipinski definition) is 0. The van der Waals surface area contributed by atoms with E-state index in [1.807, 2.05) is 0 Å². The molecule has 106 valence electrons. The number of hydrogen-bond acceptors (Lipinski definition) is 3. The van der Waals surface area contributed by atoms with Crippen LogP contribution < -0.4 is 9.47 Å². The van der Waals surface area contributed by atoms with Crippen molar-refractivity contribution in [1.82, 2.24) is 4.90 Å². The zero-order valence-corrected chi connectivity index (χ0v) is 13.5. The molecule has 0 saturated carbocycles. The molecule has 4 heteroatoms. The first kappa shape index (κ1) is 13.0. The Labute approximate surface area is 133 Å². The lowest BCUT2D eigenvalue weighted by atomic mass is 9.90. The van der Waals surface area contributed by atoms with Crippen LogP contribution in [-0.2, 0) is 6.54 Å². The van der Waals surface area contributed by atoms with E-state index in [1.165, 1.54) is 34.9 Å². The summed E-state index contributed by atoms with van der Waals surface area (Å²) in [5.41, 5.74) is 1.36. The van der Waals surface area contributed by atoms with Crippen LogP contribution in [0.1, 0.15) is 24.8 Å². The molecule has 3 nitrogen and oxygen atoms in total. The zero-order valence-electron chi connectivity index (χ0n) is 11.3. The van der Waals surface area contributed by atoms with Crippen molar-refractivity contribution >= 4 is 22.6 Å². The lowest BCUT2D eigenvalue weighted by molar-refractivity contribution is 0.174. The number of nitrogens with zero attached hydrogens (tertiary/aromatic N) is 1. The highest BCUT2D eigenvalue weighted by Crippen LogP contribution is 2.38. The van der Waals surface area contributed by atoms with Gasteiger partial charge in [-0.2, -0.15) is 0 Å². The number of rotatable bonds is 2. The molecule has 2 atom stereocenters. The summed E-state index contributed by atoms with van der Waals surface area (Å²) in [6, 6.07) is 4.90. The topological polar surface area (TPSA) is 21.7 Å². The van der Waals surface area contributed by atoms with Gasteiger partial charge in [0.1, 0.15) is 0 Å². The van der Waals surface area contributed by atoms with E-state index in [4.69, 9.17) is 9.47 Å². The summed E-state index contributed by atoms with van der Waals surface area (Å²) in [5.74, 6) is 2.65. The Bertz CT molecular complexity index is 558. The first-order valence-electron chi connectivity index (χ1n) is 7.30. The minimum Gasteiger partial charge on any atom is -0.454 e. The second-order valence-corrected chi connectivity index (χ2v) is 6.97. The molecular weight excluding hydrogens is 365 g/mol. The predicted octanol–water partition coefficient (Wildman–Crippen LogP) is 3.56. The van der Waals surface area contributed by atoms with E-state index in [0.717, 1.165) is 24.0 Å². The van der Waals surface area contributed by atoms with Gasteiger partial charge < -0.3 is 9.47 Å². The van der Waals surface area contributed by atoms with Gasteiger partial charge in [0, 0.05) is 16.2 Å². The highest BCUT2D eigenvalue weighted by atomic mass is 127. The van der Waals surface area contributed by atoms with E-state index in [2.05, 4.69) is 51.8 Å². The molecule has 0 aromatic heterocycles. The fraction of sp³-hybridized carbons (Fsp3) is 0.500. The summed E-state index contributed by atoms with van der Waals surface area (Å²) in [4.78, 5) is 2.61. The molecule has 0 amide bonds. The van der Waals surface area contributed by atoms with E-state index < -0.39 is 0 Å². The molecule has 20 heavy (non-hydrogen) atoms. The Kier molecular flexibility index (Phi) is 3.38.